The number of aromatic nitrogens is 4. The van der Waals surface area contributed by atoms with Crippen molar-refractivity contribution in [3.05, 3.63) is 447 Å². The van der Waals surface area contributed by atoms with Crippen molar-refractivity contribution in [3.8, 4) is 156 Å². The Bertz CT molecular complexity index is 7610. The molecule has 574 valence electrons. The first-order valence-electron chi connectivity index (χ1n) is 42.2. The third kappa shape index (κ3) is 12.9. The highest BCUT2D eigenvalue weighted by molar-refractivity contribution is 6.18. The van der Waals surface area contributed by atoms with Crippen molar-refractivity contribution in [3.63, 3.8) is 0 Å². The zero-order chi connectivity index (χ0) is 81.6. The fraction of sp³-hybridized carbons (Fsp3) is 0.0508. The highest BCUT2D eigenvalue weighted by atomic mass is 14.7. The van der Waals surface area contributed by atoms with Crippen LogP contribution in [-0.2, 0) is 10.8 Å². The molecule has 2 aliphatic rings. The molecule has 0 spiro atoms. The Morgan fingerprint density at radius 1 is 0.156 bits per heavy atom. The lowest BCUT2D eigenvalue weighted by Crippen LogP contribution is -2.15. The number of fused-ring (bicyclic) bond motifs is 13. The molecule has 21 aromatic rings. The number of pyridine rings is 4. The topological polar surface area (TPSA) is 51.6 Å². The monoisotopic (exact) mass is 1550 g/mol. The Morgan fingerprint density at radius 3 is 0.951 bits per heavy atom. The van der Waals surface area contributed by atoms with Gasteiger partial charge in [-0.25, -0.2) is 19.9 Å². The Labute approximate surface area is 711 Å². The molecular weight excluding hydrogens is 1470 g/mol. The summed E-state index contributed by atoms with van der Waals surface area (Å²) in [5, 5.41) is 8.04. The van der Waals surface area contributed by atoms with Gasteiger partial charge < -0.3 is 0 Å². The van der Waals surface area contributed by atoms with E-state index in [1.165, 1.54) is 106 Å². The molecule has 4 aromatic heterocycles. The van der Waals surface area contributed by atoms with E-state index in [0.717, 1.165) is 127 Å². The van der Waals surface area contributed by atoms with Gasteiger partial charge in [0.2, 0.25) is 0 Å². The van der Waals surface area contributed by atoms with Crippen LogP contribution in [0.25, 0.3) is 211 Å². The summed E-state index contributed by atoms with van der Waals surface area (Å²) in [6.07, 6.45) is 0. The maximum absolute atomic E-state index is 5.62. The minimum absolute atomic E-state index is 0.107. The summed E-state index contributed by atoms with van der Waals surface area (Å²) in [5.41, 5.74) is 40.3. The molecule has 4 heterocycles. The number of hydrogen-bond donors (Lipinski definition) is 0. The molecule has 0 atom stereocenters. The van der Waals surface area contributed by atoms with E-state index in [2.05, 4.69) is 440 Å². The molecule has 17 aromatic carbocycles. The van der Waals surface area contributed by atoms with Crippen LogP contribution in [0.5, 0.6) is 0 Å². The van der Waals surface area contributed by atoms with Crippen LogP contribution < -0.4 is 0 Å². The van der Waals surface area contributed by atoms with Crippen molar-refractivity contribution < 1.29 is 0 Å². The third-order valence-electron chi connectivity index (χ3n) is 25.6. The summed E-state index contributed by atoms with van der Waals surface area (Å²) in [4.78, 5) is 21.3. The molecule has 23 rings (SSSR count). The summed E-state index contributed by atoms with van der Waals surface area (Å²) in [6.45, 7) is 9.44. The van der Waals surface area contributed by atoms with Gasteiger partial charge in [-0.1, -0.05) is 392 Å². The van der Waals surface area contributed by atoms with Gasteiger partial charge in [-0.05, 0) is 194 Å². The first kappa shape index (κ1) is 73.0. The van der Waals surface area contributed by atoms with Crippen molar-refractivity contribution in [2.75, 3.05) is 0 Å². The summed E-state index contributed by atoms with van der Waals surface area (Å²) in [6, 6.07) is 153. The van der Waals surface area contributed by atoms with Crippen molar-refractivity contribution in [1.82, 2.24) is 19.9 Å². The summed E-state index contributed by atoms with van der Waals surface area (Å²) in [7, 11) is 0. The summed E-state index contributed by atoms with van der Waals surface area (Å²) >= 11 is 0. The lowest BCUT2D eigenvalue weighted by Gasteiger charge is -2.23. The fourth-order valence-electron chi connectivity index (χ4n) is 19.1. The quantitative estimate of drug-likeness (QED) is 0.114. The van der Waals surface area contributed by atoms with Crippen LogP contribution in [0.15, 0.2) is 425 Å². The molecule has 0 saturated heterocycles. The second-order valence-electron chi connectivity index (χ2n) is 33.5. The molecular formula is C118H82N4. The van der Waals surface area contributed by atoms with Gasteiger partial charge in [-0.3, -0.25) is 0 Å². The summed E-state index contributed by atoms with van der Waals surface area (Å²) < 4.78 is 0. The second kappa shape index (κ2) is 29.9. The second-order valence-corrected chi connectivity index (χ2v) is 33.5. The molecule has 0 amide bonds. The molecule has 0 aliphatic heterocycles. The number of nitrogens with zero attached hydrogens (tertiary/aromatic N) is 4. The van der Waals surface area contributed by atoms with Crippen LogP contribution in [-0.4, -0.2) is 19.9 Å². The van der Waals surface area contributed by atoms with E-state index in [0.29, 0.717) is 0 Å². The van der Waals surface area contributed by atoms with E-state index >= 15 is 0 Å². The first-order valence-corrected chi connectivity index (χ1v) is 42.2. The van der Waals surface area contributed by atoms with Gasteiger partial charge in [0, 0.05) is 65.6 Å². The average molecular weight is 1560 g/mol. The van der Waals surface area contributed by atoms with E-state index in [1.807, 2.05) is 12.1 Å². The van der Waals surface area contributed by atoms with Gasteiger partial charge in [-0.15, -0.1) is 0 Å². The van der Waals surface area contributed by atoms with E-state index in [1.54, 1.807) is 0 Å². The molecule has 0 unspecified atom stereocenters. The molecule has 0 N–H and O–H groups in total. The minimum Gasteiger partial charge on any atom is -0.248 e. The molecule has 4 nitrogen and oxygen atoms in total. The van der Waals surface area contributed by atoms with Gasteiger partial charge >= 0.3 is 0 Å². The molecule has 0 saturated carbocycles. The van der Waals surface area contributed by atoms with Gasteiger partial charge in [0.05, 0.1) is 45.0 Å². The van der Waals surface area contributed by atoms with Gasteiger partial charge in [-0.2, -0.15) is 0 Å². The third-order valence-corrected chi connectivity index (χ3v) is 25.6. The van der Waals surface area contributed by atoms with E-state index < -0.39 is 0 Å². The lowest BCUT2D eigenvalue weighted by atomic mass is 9.81. The molecule has 0 fully saturated rings. The summed E-state index contributed by atoms with van der Waals surface area (Å²) in [5.74, 6) is 0. The number of hydrogen-bond acceptors (Lipinski definition) is 4. The van der Waals surface area contributed by atoms with Crippen LogP contribution in [0.4, 0.5) is 0 Å². The Morgan fingerprint density at radius 2 is 0.467 bits per heavy atom. The molecule has 122 heavy (non-hydrogen) atoms. The molecule has 0 bridgehead atoms. The zero-order valence-electron chi connectivity index (χ0n) is 68.2. The predicted octanol–water partition coefficient (Wildman–Crippen LogP) is 31.3. The van der Waals surface area contributed by atoms with Crippen molar-refractivity contribution in [2.45, 2.75) is 38.5 Å². The number of para-hydroxylation sites is 1. The lowest BCUT2D eigenvalue weighted by molar-refractivity contribution is 0.660. The average Bonchev–Trinajstić information content (AvgIpc) is 1.49. The number of rotatable bonds is 12. The van der Waals surface area contributed by atoms with Crippen LogP contribution in [0.3, 0.4) is 0 Å². The van der Waals surface area contributed by atoms with Crippen LogP contribution in [0.2, 0.25) is 0 Å². The van der Waals surface area contributed by atoms with E-state index in [-0.39, 0.29) is 10.8 Å². The van der Waals surface area contributed by atoms with Crippen LogP contribution >= 0.6 is 0 Å². The van der Waals surface area contributed by atoms with Gasteiger partial charge in [0.15, 0.2) is 0 Å². The van der Waals surface area contributed by atoms with Crippen LogP contribution in [0.1, 0.15) is 49.9 Å². The fourth-order valence-corrected chi connectivity index (χ4v) is 19.1. The predicted molar refractivity (Wildman–Crippen MR) is 512 cm³/mol. The maximum atomic E-state index is 5.62. The maximum Gasteiger partial charge on any atom is 0.0794 e. The molecule has 2 aliphatic carbocycles. The van der Waals surface area contributed by atoms with Crippen molar-refractivity contribution in [1.29, 1.82) is 0 Å². The normalized spacial score (nSPS) is 12.7. The Hall–Kier alpha value is -15.4. The molecule has 0 radical (unpaired) electrons. The highest BCUT2D eigenvalue weighted by Gasteiger charge is 2.37. The standard InChI is InChI=1S/C60H40N2.C58H42N2/c1-5-15-41(16-6-1)44-25-29-47(30-26-44)55-40-59(50-33-27-45(28-34-50)42-17-7-2-8-18-42)62-60-53-24-14-13-23-52(53)54(39-56(55)60)46-31-35-49(36-32-46)58-38-51(43-19-9-3-10-20-43)37-57(61-58)48-21-11-4-12-22-48;1-57(2)49-18-10-8-15-41(49)43-28-25-38(31-51(43)57)47-34-55(39-26-29-44-42-16-9-11-19-50(42)58(3,4)52(44)32-39)60-56-45-17-7-6-14-40(45)46(33-48(47)56)35-21-23-37(24-22-35)54-30-27-36-13-5-12-20-53(36)59-54/h1-40H;5-34H,1-4H3. The largest absolute Gasteiger partial charge is 0.248 e. The Kier molecular flexibility index (Phi) is 17.9. The van der Waals surface area contributed by atoms with Gasteiger partial charge in [0.25, 0.3) is 0 Å². The SMILES string of the molecule is CC1(C)c2ccccc2-c2ccc(-c3cc(-c4ccc5c(c4)C(C)(C)c4ccccc4-5)c4cc(-c5ccc(-c6ccc7ccccc7n6)cc5)c5ccccc5c4n3)cc21.c1ccc(-c2ccc(-c3cc(-c4ccc(-c5ccccc5)cc4)c4cc(-c5ccc(-c6cc(-c7ccccc7)cc(-c7ccccc7)n6)cc5)c5ccccc5c4n3)cc2)cc1. The molecule has 4 heteroatoms. The zero-order valence-corrected chi connectivity index (χ0v) is 68.2. The van der Waals surface area contributed by atoms with E-state index in [9.17, 15) is 0 Å². The van der Waals surface area contributed by atoms with Gasteiger partial charge in [0.1, 0.15) is 0 Å². The highest BCUT2D eigenvalue weighted by Crippen LogP contribution is 2.53. The van der Waals surface area contributed by atoms with Crippen molar-refractivity contribution in [2.24, 2.45) is 0 Å². The first-order chi connectivity index (χ1) is 59.9. The van der Waals surface area contributed by atoms with Crippen molar-refractivity contribution >= 4 is 54.3 Å². The van der Waals surface area contributed by atoms with E-state index in [4.69, 9.17) is 19.9 Å². The number of benzene rings is 17. The Balaban J connectivity index is 0.000000146. The smallest absolute Gasteiger partial charge is 0.0794 e. The van der Waals surface area contributed by atoms with Crippen LogP contribution in [0, 0.1) is 0 Å². The minimum atomic E-state index is -0.117.